The predicted octanol–water partition coefficient (Wildman–Crippen LogP) is 3.43. The molecular weight excluding hydrogens is 256 g/mol. The number of furan rings is 1. The van der Waals surface area contributed by atoms with E-state index in [0.29, 0.717) is 4.67 Å². The Hall–Kier alpha value is -1.06. The summed E-state index contributed by atoms with van der Waals surface area (Å²) in [7, 11) is 0. The number of hydrogen-bond acceptors (Lipinski definition) is 2. The monoisotopic (exact) mass is 266 g/mol. The zero-order chi connectivity index (χ0) is 10.8. The predicted molar refractivity (Wildman–Crippen MR) is 61.6 cm³/mol. The van der Waals surface area contributed by atoms with E-state index in [1.165, 1.54) is 0 Å². The van der Waals surface area contributed by atoms with Crippen LogP contribution in [0, 0.1) is 6.92 Å². The minimum Gasteiger partial charge on any atom is -0.454 e. The number of benzene rings is 1. The molecule has 0 saturated heterocycles. The fourth-order valence-corrected chi connectivity index (χ4v) is 2.09. The summed E-state index contributed by atoms with van der Waals surface area (Å²) >= 11 is 3.29. The molecule has 1 N–H and O–H groups in total. The van der Waals surface area contributed by atoms with E-state index in [0.717, 1.165) is 16.9 Å². The summed E-state index contributed by atoms with van der Waals surface area (Å²) in [6.07, 6.45) is -0.641. The Morgan fingerprint density at radius 3 is 2.47 bits per heavy atom. The lowest BCUT2D eigenvalue weighted by Gasteiger charge is -2.08. The molecule has 2 nitrogen and oxygen atoms in total. The molecule has 0 aliphatic heterocycles. The van der Waals surface area contributed by atoms with Crippen molar-refractivity contribution in [1.82, 2.24) is 0 Å². The van der Waals surface area contributed by atoms with Crippen molar-refractivity contribution in [2.24, 2.45) is 0 Å². The minimum absolute atomic E-state index is 0.594. The molecule has 2 rings (SSSR count). The summed E-state index contributed by atoms with van der Waals surface area (Å²) in [5.41, 5.74) is 1.62. The maximum Gasteiger partial charge on any atom is 0.175 e. The molecule has 78 valence electrons. The number of halogens is 1. The summed E-state index contributed by atoms with van der Waals surface area (Å²) in [5.74, 6) is 0.784. The van der Waals surface area contributed by atoms with Gasteiger partial charge in [0.05, 0.1) is 0 Å². The average molecular weight is 267 g/mol. The largest absolute Gasteiger partial charge is 0.454 e. The molecule has 15 heavy (non-hydrogen) atoms. The van der Waals surface area contributed by atoms with Crippen molar-refractivity contribution in [3.05, 3.63) is 58.0 Å². The first-order valence-electron chi connectivity index (χ1n) is 4.67. The molecule has 0 unspecified atom stereocenters. The number of aryl methyl sites for hydroxylation is 1. The van der Waals surface area contributed by atoms with E-state index in [1.807, 2.05) is 43.3 Å². The van der Waals surface area contributed by atoms with Crippen LogP contribution in [-0.4, -0.2) is 5.11 Å². The zero-order valence-electron chi connectivity index (χ0n) is 8.27. The maximum atomic E-state index is 10.1. The van der Waals surface area contributed by atoms with Crippen molar-refractivity contribution in [2.45, 2.75) is 13.0 Å². The normalized spacial score (nSPS) is 12.7. The summed E-state index contributed by atoms with van der Waals surface area (Å²) in [6, 6.07) is 11.3. The highest BCUT2D eigenvalue weighted by Crippen LogP contribution is 2.30. The summed E-state index contributed by atoms with van der Waals surface area (Å²) in [6.45, 7) is 1.85. The molecule has 0 aliphatic rings. The van der Waals surface area contributed by atoms with Crippen molar-refractivity contribution < 1.29 is 9.52 Å². The minimum atomic E-state index is -0.641. The quantitative estimate of drug-likeness (QED) is 0.904. The SMILES string of the molecule is Cc1cc([C@H](O)c2ccccc2)c(Br)o1. The third-order valence-corrected chi connectivity index (χ3v) is 2.87. The van der Waals surface area contributed by atoms with Crippen molar-refractivity contribution in [3.8, 4) is 0 Å². The van der Waals surface area contributed by atoms with Crippen LogP contribution in [0.4, 0.5) is 0 Å². The second-order valence-electron chi connectivity index (χ2n) is 3.40. The summed E-state index contributed by atoms with van der Waals surface area (Å²) in [4.78, 5) is 0. The fourth-order valence-electron chi connectivity index (χ4n) is 1.51. The molecule has 0 fully saturated rings. The van der Waals surface area contributed by atoms with E-state index >= 15 is 0 Å². The molecule has 1 heterocycles. The summed E-state index contributed by atoms with van der Waals surface area (Å²) in [5, 5.41) is 10.1. The molecule has 3 heteroatoms. The molecule has 0 saturated carbocycles. The Kier molecular flexibility index (Phi) is 2.93. The third-order valence-electron chi connectivity index (χ3n) is 2.25. The number of aliphatic hydroxyl groups excluding tert-OH is 1. The lowest BCUT2D eigenvalue weighted by atomic mass is 10.0. The van der Waals surface area contributed by atoms with Gasteiger partial charge >= 0.3 is 0 Å². The van der Waals surface area contributed by atoms with Crippen LogP contribution in [0.5, 0.6) is 0 Å². The van der Waals surface area contributed by atoms with Gasteiger partial charge in [0.1, 0.15) is 11.9 Å². The molecule has 0 bridgehead atoms. The zero-order valence-corrected chi connectivity index (χ0v) is 9.86. The maximum absolute atomic E-state index is 10.1. The van der Waals surface area contributed by atoms with Crippen molar-refractivity contribution in [2.75, 3.05) is 0 Å². The van der Waals surface area contributed by atoms with Crippen LogP contribution in [0.1, 0.15) is 23.0 Å². The summed E-state index contributed by atoms with van der Waals surface area (Å²) < 4.78 is 5.91. The van der Waals surface area contributed by atoms with Crippen molar-refractivity contribution in [3.63, 3.8) is 0 Å². The van der Waals surface area contributed by atoms with Crippen LogP contribution in [0.25, 0.3) is 0 Å². The van der Waals surface area contributed by atoms with Crippen LogP contribution in [0.2, 0.25) is 0 Å². The number of rotatable bonds is 2. The van der Waals surface area contributed by atoms with Gasteiger partial charge in [-0.25, -0.2) is 0 Å². The Bertz CT molecular complexity index is 448. The van der Waals surface area contributed by atoms with Gasteiger partial charge in [0.2, 0.25) is 0 Å². The number of hydrogen-bond donors (Lipinski definition) is 1. The second kappa shape index (κ2) is 4.21. The van der Waals surface area contributed by atoms with Crippen LogP contribution in [0.3, 0.4) is 0 Å². The van der Waals surface area contributed by atoms with Gasteiger partial charge in [-0.05, 0) is 34.5 Å². The van der Waals surface area contributed by atoms with Crippen LogP contribution >= 0.6 is 15.9 Å². The standard InChI is InChI=1S/C12H11BrO2/c1-8-7-10(12(13)15-8)11(14)9-5-3-2-4-6-9/h2-7,11,14H,1H3/t11-/m1/s1. The Morgan fingerprint density at radius 2 is 1.93 bits per heavy atom. The van der Waals surface area contributed by atoms with E-state index in [9.17, 15) is 5.11 Å². The topological polar surface area (TPSA) is 33.4 Å². The lowest BCUT2D eigenvalue weighted by Crippen LogP contribution is -1.98. The molecule has 0 spiro atoms. The molecular formula is C12H11BrO2. The van der Waals surface area contributed by atoms with E-state index in [1.54, 1.807) is 0 Å². The van der Waals surface area contributed by atoms with E-state index in [-0.39, 0.29) is 0 Å². The van der Waals surface area contributed by atoms with Gasteiger partial charge in [0.25, 0.3) is 0 Å². The van der Waals surface area contributed by atoms with Crippen LogP contribution < -0.4 is 0 Å². The third kappa shape index (κ3) is 2.13. The van der Waals surface area contributed by atoms with Crippen molar-refractivity contribution in [1.29, 1.82) is 0 Å². The Balaban J connectivity index is 2.36. The first-order valence-corrected chi connectivity index (χ1v) is 5.46. The lowest BCUT2D eigenvalue weighted by molar-refractivity contribution is 0.218. The first-order chi connectivity index (χ1) is 7.18. The van der Waals surface area contributed by atoms with E-state index in [2.05, 4.69) is 15.9 Å². The molecule has 1 aromatic carbocycles. The van der Waals surface area contributed by atoms with Crippen molar-refractivity contribution >= 4 is 15.9 Å². The molecule has 0 radical (unpaired) electrons. The van der Waals surface area contributed by atoms with Gasteiger partial charge in [-0.2, -0.15) is 0 Å². The van der Waals surface area contributed by atoms with Crippen LogP contribution in [0.15, 0.2) is 45.5 Å². The highest BCUT2D eigenvalue weighted by atomic mass is 79.9. The molecule has 1 atom stereocenters. The number of aliphatic hydroxyl groups is 1. The average Bonchev–Trinajstić information content (AvgIpc) is 2.58. The van der Waals surface area contributed by atoms with Gasteiger partial charge in [0.15, 0.2) is 4.67 Å². The molecule has 2 aromatic rings. The Morgan fingerprint density at radius 1 is 1.27 bits per heavy atom. The van der Waals surface area contributed by atoms with E-state index < -0.39 is 6.10 Å². The highest BCUT2D eigenvalue weighted by molar-refractivity contribution is 9.10. The first kappa shape index (κ1) is 10.5. The molecule has 1 aromatic heterocycles. The molecule has 0 aliphatic carbocycles. The fraction of sp³-hybridized carbons (Fsp3) is 0.167. The van der Waals surface area contributed by atoms with Crippen LogP contribution in [-0.2, 0) is 0 Å². The Labute approximate surface area is 96.7 Å². The van der Waals surface area contributed by atoms with Gasteiger partial charge in [0, 0.05) is 5.56 Å². The van der Waals surface area contributed by atoms with E-state index in [4.69, 9.17) is 4.42 Å². The molecule has 0 amide bonds. The van der Waals surface area contributed by atoms with Gasteiger partial charge in [-0.3, -0.25) is 0 Å². The van der Waals surface area contributed by atoms with Gasteiger partial charge in [-0.1, -0.05) is 30.3 Å². The highest BCUT2D eigenvalue weighted by Gasteiger charge is 2.16. The second-order valence-corrected chi connectivity index (χ2v) is 4.12. The smallest absolute Gasteiger partial charge is 0.175 e. The van der Waals surface area contributed by atoms with Gasteiger partial charge < -0.3 is 9.52 Å². The van der Waals surface area contributed by atoms with Gasteiger partial charge in [-0.15, -0.1) is 0 Å².